The minimum atomic E-state index is -0.543. The van der Waals surface area contributed by atoms with E-state index in [1.807, 2.05) is 0 Å². The maximum Gasteiger partial charge on any atom is 0.256 e. The average Bonchev–Trinajstić information content (AvgIpc) is 2.81. The van der Waals surface area contributed by atoms with E-state index in [4.69, 9.17) is 5.73 Å². The molecule has 1 aliphatic carbocycles. The number of hydrogen-bond donors (Lipinski definition) is 1. The van der Waals surface area contributed by atoms with Crippen LogP contribution in [0.25, 0.3) is 0 Å². The van der Waals surface area contributed by atoms with Gasteiger partial charge in [-0.05, 0) is 37.0 Å². The molecule has 1 saturated carbocycles. The van der Waals surface area contributed by atoms with Gasteiger partial charge in [0.15, 0.2) is 0 Å². The van der Waals surface area contributed by atoms with Crippen molar-refractivity contribution in [2.75, 3.05) is 19.3 Å². The van der Waals surface area contributed by atoms with Crippen molar-refractivity contribution in [3.63, 3.8) is 0 Å². The second-order valence-corrected chi connectivity index (χ2v) is 5.08. The molecule has 2 N–H and O–H groups in total. The molecule has 18 heavy (non-hydrogen) atoms. The normalized spacial score (nSPS) is 15.9. The Balaban J connectivity index is 2.05. The summed E-state index contributed by atoms with van der Waals surface area (Å²) in [6.07, 6.45) is 4.82. The highest BCUT2D eigenvalue weighted by molar-refractivity contribution is 5.94. The predicted molar refractivity (Wildman–Crippen MR) is 69.7 cm³/mol. The Morgan fingerprint density at radius 1 is 1.44 bits per heavy atom. The van der Waals surface area contributed by atoms with Gasteiger partial charge in [0.05, 0.1) is 5.56 Å². The summed E-state index contributed by atoms with van der Waals surface area (Å²) in [5.41, 5.74) is 5.91. The largest absolute Gasteiger partial charge is 0.399 e. The van der Waals surface area contributed by atoms with Crippen molar-refractivity contribution in [2.45, 2.75) is 25.7 Å². The lowest BCUT2D eigenvalue weighted by Crippen LogP contribution is -2.31. The second kappa shape index (κ2) is 5.38. The molecular weight excluding hydrogens is 231 g/mol. The summed E-state index contributed by atoms with van der Waals surface area (Å²) in [6, 6.07) is 4.20. The van der Waals surface area contributed by atoms with Crippen molar-refractivity contribution in [3.05, 3.63) is 29.6 Å². The molecule has 1 fully saturated rings. The van der Waals surface area contributed by atoms with E-state index in [0.717, 1.165) is 0 Å². The number of nitrogen functional groups attached to an aromatic ring is 1. The van der Waals surface area contributed by atoms with Gasteiger partial charge in [-0.15, -0.1) is 0 Å². The first kappa shape index (κ1) is 12.9. The third-order valence-electron chi connectivity index (χ3n) is 3.58. The quantitative estimate of drug-likeness (QED) is 0.838. The summed E-state index contributed by atoms with van der Waals surface area (Å²) in [4.78, 5) is 13.7. The van der Waals surface area contributed by atoms with E-state index in [1.165, 1.54) is 37.8 Å². The number of hydrogen-bond acceptors (Lipinski definition) is 2. The number of anilines is 1. The van der Waals surface area contributed by atoms with Crippen LogP contribution in [0.5, 0.6) is 0 Å². The third kappa shape index (κ3) is 2.81. The number of nitrogens with two attached hydrogens (primary N) is 1. The lowest BCUT2D eigenvalue weighted by Gasteiger charge is -2.21. The number of carbonyl (C=O) groups excluding carboxylic acids is 1. The fourth-order valence-electron chi connectivity index (χ4n) is 2.57. The van der Waals surface area contributed by atoms with Crippen molar-refractivity contribution in [1.29, 1.82) is 0 Å². The van der Waals surface area contributed by atoms with Crippen LogP contribution in [0.3, 0.4) is 0 Å². The van der Waals surface area contributed by atoms with Gasteiger partial charge in [0.25, 0.3) is 5.91 Å². The number of benzene rings is 1. The molecule has 0 heterocycles. The average molecular weight is 250 g/mol. The molecule has 2 rings (SSSR count). The van der Waals surface area contributed by atoms with Crippen LogP contribution in [0.1, 0.15) is 36.0 Å². The molecule has 0 bridgehead atoms. The van der Waals surface area contributed by atoms with E-state index in [0.29, 0.717) is 18.2 Å². The highest BCUT2D eigenvalue weighted by Crippen LogP contribution is 2.25. The molecule has 0 atom stereocenters. The molecule has 1 aromatic rings. The zero-order valence-corrected chi connectivity index (χ0v) is 10.7. The summed E-state index contributed by atoms with van der Waals surface area (Å²) in [6.45, 7) is 0.711. The lowest BCUT2D eigenvalue weighted by molar-refractivity contribution is 0.0768. The van der Waals surface area contributed by atoms with Gasteiger partial charge in [-0.3, -0.25) is 4.79 Å². The molecule has 0 aliphatic heterocycles. The standard InChI is InChI=1S/C14H19FN2O/c1-17(9-10-4-2-3-5-10)14(18)12-7-6-11(16)8-13(12)15/h6-8,10H,2-5,9,16H2,1H3. The van der Waals surface area contributed by atoms with Gasteiger partial charge >= 0.3 is 0 Å². The molecule has 0 spiro atoms. The van der Waals surface area contributed by atoms with Gasteiger partial charge in [0.1, 0.15) is 5.82 Å². The van der Waals surface area contributed by atoms with E-state index in [2.05, 4.69) is 0 Å². The predicted octanol–water partition coefficient (Wildman–Crippen LogP) is 2.67. The van der Waals surface area contributed by atoms with Crippen LogP contribution in [0.4, 0.5) is 10.1 Å². The number of nitrogens with zero attached hydrogens (tertiary/aromatic N) is 1. The Kier molecular flexibility index (Phi) is 3.84. The Labute approximate surface area is 107 Å². The molecule has 1 aliphatic rings. The summed E-state index contributed by atoms with van der Waals surface area (Å²) in [7, 11) is 1.73. The molecule has 4 heteroatoms. The highest BCUT2D eigenvalue weighted by Gasteiger charge is 2.21. The van der Waals surface area contributed by atoms with E-state index >= 15 is 0 Å². The molecule has 0 saturated heterocycles. The van der Waals surface area contributed by atoms with Gasteiger partial charge in [0.2, 0.25) is 0 Å². The molecular formula is C14H19FN2O. The Morgan fingerprint density at radius 3 is 2.72 bits per heavy atom. The maximum atomic E-state index is 13.6. The number of halogens is 1. The second-order valence-electron chi connectivity index (χ2n) is 5.08. The summed E-state index contributed by atoms with van der Waals surface area (Å²) >= 11 is 0. The first-order chi connectivity index (χ1) is 8.58. The van der Waals surface area contributed by atoms with Crippen LogP contribution < -0.4 is 5.73 Å². The van der Waals surface area contributed by atoms with Crippen LogP contribution in [0.2, 0.25) is 0 Å². The van der Waals surface area contributed by atoms with E-state index in [-0.39, 0.29) is 11.5 Å². The molecule has 1 amide bonds. The summed E-state index contributed by atoms with van der Waals surface area (Å²) < 4.78 is 13.6. The topological polar surface area (TPSA) is 46.3 Å². The molecule has 98 valence electrons. The monoisotopic (exact) mass is 250 g/mol. The van der Waals surface area contributed by atoms with Crippen LogP contribution in [-0.2, 0) is 0 Å². The first-order valence-electron chi connectivity index (χ1n) is 6.38. The van der Waals surface area contributed by atoms with Crippen LogP contribution >= 0.6 is 0 Å². The maximum absolute atomic E-state index is 13.6. The van der Waals surface area contributed by atoms with Crippen LogP contribution in [0.15, 0.2) is 18.2 Å². The van der Waals surface area contributed by atoms with Crippen molar-refractivity contribution >= 4 is 11.6 Å². The zero-order valence-electron chi connectivity index (χ0n) is 10.7. The Hall–Kier alpha value is -1.58. The third-order valence-corrected chi connectivity index (χ3v) is 3.58. The van der Waals surface area contributed by atoms with Gasteiger partial charge in [-0.2, -0.15) is 0 Å². The van der Waals surface area contributed by atoms with Crippen molar-refractivity contribution in [2.24, 2.45) is 5.92 Å². The Morgan fingerprint density at radius 2 is 2.11 bits per heavy atom. The zero-order chi connectivity index (χ0) is 13.1. The fourth-order valence-corrected chi connectivity index (χ4v) is 2.57. The summed E-state index contributed by atoms with van der Waals surface area (Å²) in [5.74, 6) is -0.242. The lowest BCUT2D eigenvalue weighted by atomic mass is 10.1. The minimum absolute atomic E-state index is 0.102. The fraction of sp³-hybridized carbons (Fsp3) is 0.500. The van der Waals surface area contributed by atoms with Gasteiger partial charge in [-0.25, -0.2) is 4.39 Å². The van der Waals surface area contributed by atoms with Gasteiger partial charge < -0.3 is 10.6 Å². The van der Waals surface area contributed by atoms with E-state index in [9.17, 15) is 9.18 Å². The number of amides is 1. The molecule has 3 nitrogen and oxygen atoms in total. The summed E-state index contributed by atoms with van der Waals surface area (Å²) in [5, 5.41) is 0. The molecule has 0 aromatic heterocycles. The Bertz CT molecular complexity index is 441. The molecule has 0 radical (unpaired) electrons. The number of rotatable bonds is 3. The van der Waals surface area contributed by atoms with Crippen molar-refractivity contribution in [1.82, 2.24) is 4.90 Å². The smallest absolute Gasteiger partial charge is 0.256 e. The van der Waals surface area contributed by atoms with Crippen LogP contribution in [-0.4, -0.2) is 24.4 Å². The molecule has 1 aromatic carbocycles. The van der Waals surface area contributed by atoms with E-state index < -0.39 is 5.82 Å². The van der Waals surface area contributed by atoms with E-state index in [1.54, 1.807) is 18.0 Å². The minimum Gasteiger partial charge on any atom is -0.399 e. The first-order valence-corrected chi connectivity index (χ1v) is 6.38. The number of carbonyl (C=O) groups is 1. The van der Waals surface area contributed by atoms with Crippen molar-refractivity contribution < 1.29 is 9.18 Å². The van der Waals surface area contributed by atoms with Gasteiger partial charge in [-0.1, -0.05) is 12.8 Å². The van der Waals surface area contributed by atoms with Crippen molar-refractivity contribution in [3.8, 4) is 0 Å². The SMILES string of the molecule is CN(CC1CCCC1)C(=O)c1ccc(N)cc1F. The highest BCUT2D eigenvalue weighted by atomic mass is 19.1. The van der Waals surface area contributed by atoms with Crippen LogP contribution in [0, 0.1) is 11.7 Å². The van der Waals surface area contributed by atoms with Gasteiger partial charge in [0, 0.05) is 19.3 Å². The molecule has 0 unspecified atom stereocenters.